The molecule has 0 aliphatic carbocycles. The van der Waals surface area contributed by atoms with Gasteiger partial charge in [0.25, 0.3) is 0 Å². The van der Waals surface area contributed by atoms with Gasteiger partial charge in [-0.15, -0.1) is 0 Å². The molecule has 0 radical (unpaired) electrons. The maximum Gasteiger partial charge on any atom is 0.0718 e. The van der Waals surface area contributed by atoms with Gasteiger partial charge in [0, 0.05) is 16.3 Å². The van der Waals surface area contributed by atoms with E-state index in [0.717, 1.165) is 35.5 Å². The summed E-state index contributed by atoms with van der Waals surface area (Å²) in [7, 11) is 0. The SMILES string of the molecule is CCc1cc(CC)n(-c2cc(Cl)ccc2CO)n1. The zero-order valence-corrected chi connectivity index (χ0v) is 11.4. The van der Waals surface area contributed by atoms with Crippen molar-refractivity contribution in [2.75, 3.05) is 0 Å². The summed E-state index contributed by atoms with van der Waals surface area (Å²) in [5, 5.41) is 14.6. The van der Waals surface area contributed by atoms with E-state index in [9.17, 15) is 5.11 Å². The van der Waals surface area contributed by atoms with Gasteiger partial charge in [0.15, 0.2) is 0 Å². The fourth-order valence-electron chi connectivity index (χ4n) is 1.98. The molecule has 4 heteroatoms. The lowest BCUT2D eigenvalue weighted by Crippen LogP contribution is -2.05. The Balaban J connectivity index is 2.59. The number of aliphatic hydroxyl groups is 1. The lowest BCUT2D eigenvalue weighted by molar-refractivity contribution is 0.281. The van der Waals surface area contributed by atoms with Crippen molar-refractivity contribution in [3.8, 4) is 5.69 Å². The van der Waals surface area contributed by atoms with Gasteiger partial charge in [0.2, 0.25) is 0 Å². The molecule has 2 rings (SSSR count). The number of aromatic nitrogens is 2. The molecule has 0 saturated heterocycles. The van der Waals surface area contributed by atoms with Gasteiger partial charge in [-0.3, -0.25) is 0 Å². The molecule has 18 heavy (non-hydrogen) atoms. The number of hydrogen-bond donors (Lipinski definition) is 1. The van der Waals surface area contributed by atoms with Gasteiger partial charge in [-0.05, 0) is 31.0 Å². The molecule has 0 atom stereocenters. The van der Waals surface area contributed by atoms with E-state index in [0.29, 0.717) is 5.02 Å². The van der Waals surface area contributed by atoms with Gasteiger partial charge >= 0.3 is 0 Å². The standard InChI is InChI=1S/C14H17ClN2O/c1-3-12-8-13(4-2)17(16-12)14-7-11(15)6-5-10(14)9-18/h5-8,18H,3-4,9H2,1-2H3. The Kier molecular flexibility index (Phi) is 4.04. The van der Waals surface area contributed by atoms with Crippen LogP contribution in [-0.4, -0.2) is 14.9 Å². The molecule has 0 bridgehead atoms. The fraction of sp³-hybridized carbons (Fsp3) is 0.357. The second kappa shape index (κ2) is 5.55. The fourth-order valence-corrected chi connectivity index (χ4v) is 2.14. The molecule has 0 spiro atoms. The first-order chi connectivity index (χ1) is 8.69. The average molecular weight is 265 g/mol. The largest absolute Gasteiger partial charge is 0.392 e. The van der Waals surface area contributed by atoms with Crippen molar-refractivity contribution in [2.45, 2.75) is 33.3 Å². The Morgan fingerprint density at radius 3 is 2.61 bits per heavy atom. The Hall–Kier alpha value is -1.32. The van der Waals surface area contributed by atoms with Crippen LogP contribution in [0.5, 0.6) is 0 Å². The van der Waals surface area contributed by atoms with Crippen LogP contribution >= 0.6 is 11.6 Å². The van der Waals surface area contributed by atoms with Crippen LogP contribution in [0.4, 0.5) is 0 Å². The van der Waals surface area contributed by atoms with Gasteiger partial charge in [0.05, 0.1) is 18.0 Å². The second-order valence-electron chi connectivity index (χ2n) is 4.18. The van der Waals surface area contributed by atoms with Crippen molar-refractivity contribution in [1.82, 2.24) is 9.78 Å². The van der Waals surface area contributed by atoms with E-state index in [4.69, 9.17) is 11.6 Å². The van der Waals surface area contributed by atoms with E-state index in [1.165, 1.54) is 0 Å². The molecule has 1 heterocycles. The third kappa shape index (κ3) is 2.42. The lowest BCUT2D eigenvalue weighted by Gasteiger charge is -2.11. The van der Waals surface area contributed by atoms with Crippen molar-refractivity contribution in [3.05, 3.63) is 46.2 Å². The van der Waals surface area contributed by atoms with Crippen molar-refractivity contribution in [1.29, 1.82) is 0 Å². The van der Waals surface area contributed by atoms with E-state index in [1.54, 1.807) is 6.07 Å². The van der Waals surface area contributed by atoms with Crippen molar-refractivity contribution < 1.29 is 5.11 Å². The van der Waals surface area contributed by atoms with Crippen LogP contribution in [0.15, 0.2) is 24.3 Å². The first-order valence-corrected chi connectivity index (χ1v) is 6.54. The second-order valence-corrected chi connectivity index (χ2v) is 4.61. The Labute approximate surface area is 112 Å². The maximum atomic E-state index is 9.41. The highest BCUT2D eigenvalue weighted by Crippen LogP contribution is 2.22. The van der Waals surface area contributed by atoms with Crippen LogP contribution in [0.2, 0.25) is 5.02 Å². The highest BCUT2D eigenvalue weighted by Gasteiger charge is 2.11. The Morgan fingerprint density at radius 1 is 1.22 bits per heavy atom. The topological polar surface area (TPSA) is 38.0 Å². The lowest BCUT2D eigenvalue weighted by atomic mass is 10.2. The molecule has 0 fully saturated rings. The molecule has 3 nitrogen and oxygen atoms in total. The third-order valence-electron chi connectivity index (χ3n) is 3.00. The quantitative estimate of drug-likeness (QED) is 0.921. The number of halogens is 1. The van der Waals surface area contributed by atoms with E-state index in [2.05, 4.69) is 25.0 Å². The van der Waals surface area contributed by atoms with Crippen LogP contribution in [0.3, 0.4) is 0 Å². The summed E-state index contributed by atoms with van der Waals surface area (Å²) in [6, 6.07) is 7.57. The van der Waals surface area contributed by atoms with Crippen LogP contribution in [0.1, 0.15) is 30.8 Å². The minimum Gasteiger partial charge on any atom is -0.392 e. The van der Waals surface area contributed by atoms with E-state index < -0.39 is 0 Å². The first kappa shape index (κ1) is 13.1. The molecule has 1 N–H and O–H groups in total. The van der Waals surface area contributed by atoms with Crippen LogP contribution in [-0.2, 0) is 19.4 Å². The highest BCUT2D eigenvalue weighted by atomic mass is 35.5. The van der Waals surface area contributed by atoms with Gasteiger partial charge in [-0.25, -0.2) is 4.68 Å². The van der Waals surface area contributed by atoms with E-state index in [1.807, 2.05) is 16.8 Å². The van der Waals surface area contributed by atoms with E-state index in [-0.39, 0.29) is 6.61 Å². The molecule has 0 aliphatic heterocycles. The van der Waals surface area contributed by atoms with Gasteiger partial charge < -0.3 is 5.11 Å². The molecular weight excluding hydrogens is 248 g/mol. The zero-order chi connectivity index (χ0) is 13.1. The third-order valence-corrected chi connectivity index (χ3v) is 3.24. The number of nitrogens with zero attached hydrogens (tertiary/aromatic N) is 2. The summed E-state index contributed by atoms with van der Waals surface area (Å²) in [4.78, 5) is 0. The van der Waals surface area contributed by atoms with Crippen molar-refractivity contribution in [3.63, 3.8) is 0 Å². The average Bonchev–Trinajstić information content (AvgIpc) is 2.81. The van der Waals surface area contributed by atoms with Crippen LogP contribution in [0.25, 0.3) is 5.69 Å². The van der Waals surface area contributed by atoms with Gasteiger partial charge in [-0.1, -0.05) is 31.5 Å². The molecular formula is C14H17ClN2O. The summed E-state index contributed by atoms with van der Waals surface area (Å²) in [5.41, 5.74) is 3.88. The monoisotopic (exact) mass is 264 g/mol. The maximum absolute atomic E-state index is 9.41. The smallest absolute Gasteiger partial charge is 0.0718 e. The summed E-state index contributed by atoms with van der Waals surface area (Å²) in [6.45, 7) is 4.16. The number of aryl methyl sites for hydroxylation is 2. The van der Waals surface area contributed by atoms with Crippen molar-refractivity contribution in [2.24, 2.45) is 0 Å². The zero-order valence-electron chi connectivity index (χ0n) is 10.7. The molecule has 0 aliphatic rings. The van der Waals surface area contributed by atoms with E-state index >= 15 is 0 Å². The predicted molar refractivity (Wildman–Crippen MR) is 73.3 cm³/mol. The highest BCUT2D eigenvalue weighted by molar-refractivity contribution is 6.30. The predicted octanol–water partition coefficient (Wildman–Crippen LogP) is 3.14. The van der Waals surface area contributed by atoms with Crippen LogP contribution in [0, 0.1) is 0 Å². The summed E-state index contributed by atoms with van der Waals surface area (Å²) >= 11 is 6.04. The van der Waals surface area contributed by atoms with Crippen molar-refractivity contribution >= 4 is 11.6 Å². The molecule has 1 aromatic heterocycles. The molecule has 96 valence electrons. The summed E-state index contributed by atoms with van der Waals surface area (Å²) in [5.74, 6) is 0. The minimum atomic E-state index is -0.0169. The molecule has 0 saturated carbocycles. The molecule has 0 unspecified atom stereocenters. The normalized spacial score (nSPS) is 10.9. The number of hydrogen-bond acceptors (Lipinski definition) is 2. The number of aliphatic hydroxyl groups excluding tert-OH is 1. The summed E-state index contributed by atoms with van der Waals surface area (Å²) in [6.07, 6.45) is 1.79. The van der Waals surface area contributed by atoms with Crippen LogP contribution < -0.4 is 0 Å². The molecule has 1 aromatic carbocycles. The Bertz CT molecular complexity index is 549. The molecule has 0 amide bonds. The first-order valence-electron chi connectivity index (χ1n) is 6.17. The number of benzene rings is 1. The summed E-state index contributed by atoms with van der Waals surface area (Å²) < 4.78 is 1.89. The number of rotatable bonds is 4. The molecule has 2 aromatic rings. The Morgan fingerprint density at radius 2 is 2.00 bits per heavy atom. The van der Waals surface area contributed by atoms with Gasteiger partial charge in [-0.2, -0.15) is 5.10 Å². The van der Waals surface area contributed by atoms with Gasteiger partial charge in [0.1, 0.15) is 0 Å². The minimum absolute atomic E-state index is 0.0169.